The van der Waals surface area contributed by atoms with E-state index in [-0.39, 0.29) is 5.91 Å². The van der Waals surface area contributed by atoms with E-state index in [2.05, 4.69) is 32.7 Å². The highest BCUT2D eigenvalue weighted by atomic mass is 79.9. The van der Waals surface area contributed by atoms with E-state index in [1.165, 1.54) is 11.8 Å². The van der Waals surface area contributed by atoms with Gasteiger partial charge in [0.1, 0.15) is 0 Å². The lowest BCUT2D eigenvalue weighted by atomic mass is 10.2. The number of rotatable bonds is 8. The second-order valence-corrected chi connectivity index (χ2v) is 7.77. The van der Waals surface area contributed by atoms with Crippen LogP contribution in [0.4, 0.5) is 0 Å². The number of carbonyl (C=O) groups is 1. The topological polar surface area (TPSA) is 51.0 Å². The van der Waals surface area contributed by atoms with E-state index in [4.69, 9.17) is 0 Å². The summed E-state index contributed by atoms with van der Waals surface area (Å²) >= 11 is 4.89. The quantitative estimate of drug-likeness (QED) is 0.478. The summed E-state index contributed by atoms with van der Waals surface area (Å²) in [6, 6.07) is 8.40. The number of hydrogen-bond acceptors (Lipinski definition) is 4. The molecule has 1 aromatic carbocycles. The molecule has 1 aliphatic rings. The third kappa shape index (κ3) is 4.33. The molecule has 0 bridgehead atoms. The van der Waals surface area contributed by atoms with Crippen molar-refractivity contribution in [3.63, 3.8) is 0 Å². The zero-order chi connectivity index (χ0) is 17.8. The van der Waals surface area contributed by atoms with Crippen LogP contribution >= 0.6 is 27.7 Å². The van der Waals surface area contributed by atoms with E-state index in [0.717, 1.165) is 40.4 Å². The SMILES string of the molecule is C=CCn1c(SCC(=O)N(CC)C2CC2)nnc1-c1ccc(Br)cc1. The molecule has 0 unspecified atom stereocenters. The Bertz CT molecular complexity index is 755. The van der Waals surface area contributed by atoms with Gasteiger partial charge in [0.2, 0.25) is 5.91 Å². The van der Waals surface area contributed by atoms with Crippen molar-refractivity contribution >= 4 is 33.6 Å². The molecule has 1 aromatic heterocycles. The van der Waals surface area contributed by atoms with Crippen LogP contribution in [0.25, 0.3) is 11.4 Å². The van der Waals surface area contributed by atoms with Crippen molar-refractivity contribution in [1.29, 1.82) is 0 Å². The Labute approximate surface area is 160 Å². The minimum atomic E-state index is 0.174. The molecule has 0 saturated heterocycles. The van der Waals surface area contributed by atoms with Gasteiger partial charge >= 0.3 is 0 Å². The standard InChI is InChI=1S/C18H21BrN4OS/c1-3-11-23-17(13-5-7-14(19)8-6-13)20-21-18(23)25-12-16(24)22(4-2)15-9-10-15/h3,5-8,15H,1,4,9-12H2,2H3. The predicted molar refractivity (Wildman–Crippen MR) is 104 cm³/mol. The minimum Gasteiger partial charge on any atom is -0.339 e. The average molecular weight is 421 g/mol. The Balaban J connectivity index is 1.76. The zero-order valence-corrected chi connectivity index (χ0v) is 16.6. The summed E-state index contributed by atoms with van der Waals surface area (Å²) in [6.07, 6.45) is 4.08. The lowest BCUT2D eigenvalue weighted by molar-refractivity contribution is -0.128. The number of carbonyl (C=O) groups excluding carboxylic acids is 1. The number of allylic oxidation sites excluding steroid dienone is 1. The van der Waals surface area contributed by atoms with Crippen molar-refractivity contribution < 1.29 is 4.79 Å². The minimum absolute atomic E-state index is 0.174. The van der Waals surface area contributed by atoms with Crippen molar-refractivity contribution in [1.82, 2.24) is 19.7 Å². The number of halogens is 1. The molecule has 0 aliphatic heterocycles. The first-order chi connectivity index (χ1) is 12.1. The second kappa shape index (κ2) is 8.19. The van der Waals surface area contributed by atoms with Gasteiger partial charge in [0, 0.05) is 29.2 Å². The molecule has 1 aliphatic carbocycles. The predicted octanol–water partition coefficient (Wildman–Crippen LogP) is 4.00. The smallest absolute Gasteiger partial charge is 0.233 e. The van der Waals surface area contributed by atoms with Gasteiger partial charge in [-0.25, -0.2) is 0 Å². The molecule has 1 amide bonds. The van der Waals surface area contributed by atoms with Crippen molar-refractivity contribution in [2.45, 2.75) is 37.5 Å². The number of thioether (sulfide) groups is 1. The summed E-state index contributed by atoms with van der Waals surface area (Å²) in [4.78, 5) is 14.4. The van der Waals surface area contributed by atoms with Gasteiger partial charge in [0.15, 0.2) is 11.0 Å². The van der Waals surface area contributed by atoms with Crippen molar-refractivity contribution in [2.24, 2.45) is 0 Å². The molecular formula is C18H21BrN4OS. The van der Waals surface area contributed by atoms with Crippen LogP contribution in [0.15, 0.2) is 46.5 Å². The third-order valence-electron chi connectivity index (χ3n) is 4.10. The molecule has 1 heterocycles. The van der Waals surface area contributed by atoms with Crippen LogP contribution in [0.1, 0.15) is 19.8 Å². The van der Waals surface area contributed by atoms with Crippen LogP contribution < -0.4 is 0 Å². The summed E-state index contributed by atoms with van der Waals surface area (Å²) in [6.45, 7) is 7.24. The molecule has 132 valence electrons. The fourth-order valence-corrected chi connectivity index (χ4v) is 3.83. The van der Waals surface area contributed by atoms with Crippen LogP contribution in [0, 0.1) is 0 Å². The molecule has 3 rings (SSSR count). The first-order valence-corrected chi connectivity index (χ1v) is 10.1. The van der Waals surface area contributed by atoms with Gasteiger partial charge in [-0.2, -0.15) is 0 Å². The molecule has 25 heavy (non-hydrogen) atoms. The summed E-state index contributed by atoms with van der Waals surface area (Å²) < 4.78 is 3.02. The maximum absolute atomic E-state index is 12.4. The molecule has 2 aromatic rings. The van der Waals surface area contributed by atoms with E-state index in [0.29, 0.717) is 18.3 Å². The lowest BCUT2D eigenvalue weighted by Gasteiger charge is -2.19. The van der Waals surface area contributed by atoms with E-state index in [1.54, 1.807) is 0 Å². The fraction of sp³-hybridized carbons (Fsp3) is 0.389. The highest BCUT2D eigenvalue weighted by molar-refractivity contribution is 9.10. The Kier molecular flexibility index (Phi) is 5.96. The fourth-order valence-electron chi connectivity index (χ4n) is 2.74. The number of hydrogen-bond donors (Lipinski definition) is 0. The highest BCUT2D eigenvalue weighted by Crippen LogP contribution is 2.29. The van der Waals surface area contributed by atoms with Crippen LogP contribution in [-0.2, 0) is 11.3 Å². The van der Waals surface area contributed by atoms with Crippen LogP contribution in [0.5, 0.6) is 0 Å². The van der Waals surface area contributed by atoms with Crippen LogP contribution in [-0.4, -0.2) is 43.9 Å². The molecule has 0 radical (unpaired) electrons. The van der Waals surface area contributed by atoms with E-state index >= 15 is 0 Å². The third-order valence-corrected chi connectivity index (χ3v) is 5.58. The summed E-state index contributed by atoms with van der Waals surface area (Å²) in [5.41, 5.74) is 0.990. The lowest BCUT2D eigenvalue weighted by Crippen LogP contribution is -2.34. The van der Waals surface area contributed by atoms with Gasteiger partial charge < -0.3 is 4.90 Å². The van der Waals surface area contributed by atoms with Gasteiger partial charge in [-0.3, -0.25) is 9.36 Å². The average Bonchev–Trinajstić information content (AvgIpc) is 3.36. The molecule has 7 heteroatoms. The maximum Gasteiger partial charge on any atom is 0.233 e. The summed E-state index contributed by atoms with van der Waals surface area (Å²) in [7, 11) is 0. The highest BCUT2D eigenvalue weighted by Gasteiger charge is 2.31. The first kappa shape index (κ1) is 18.2. The van der Waals surface area contributed by atoms with E-state index in [1.807, 2.05) is 46.7 Å². The van der Waals surface area contributed by atoms with Crippen LogP contribution in [0.3, 0.4) is 0 Å². The number of nitrogens with zero attached hydrogens (tertiary/aromatic N) is 4. The van der Waals surface area contributed by atoms with Gasteiger partial charge in [0.25, 0.3) is 0 Å². The summed E-state index contributed by atoms with van der Waals surface area (Å²) in [5, 5.41) is 9.37. The van der Waals surface area contributed by atoms with Crippen molar-refractivity contribution in [2.75, 3.05) is 12.3 Å². The molecule has 1 saturated carbocycles. The largest absolute Gasteiger partial charge is 0.339 e. The van der Waals surface area contributed by atoms with Gasteiger partial charge in [-0.05, 0) is 31.9 Å². The number of amides is 1. The summed E-state index contributed by atoms with van der Waals surface area (Å²) in [5.74, 6) is 1.35. The Morgan fingerprint density at radius 2 is 2.12 bits per heavy atom. The maximum atomic E-state index is 12.4. The van der Waals surface area contributed by atoms with Crippen LogP contribution in [0.2, 0.25) is 0 Å². The molecule has 0 spiro atoms. The van der Waals surface area contributed by atoms with Gasteiger partial charge in [-0.1, -0.05) is 45.9 Å². The van der Waals surface area contributed by atoms with Crippen molar-refractivity contribution in [3.8, 4) is 11.4 Å². The molecule has 0 N–H and O–H groups in total. The second-order valence-electron chi connectivity index (χ2n) is 5.91. The molecule has 1 fully saturated rings. The molecular weight excluding hydrogens is 400 g/mol. The molecule has 5 nitrogen and oxygen atoms in total. The normalized spacial score (nSPS) is 13.7. The molecule has 0 atom stereocenters. The van der Waals surface area contributed by atoms with E-state index in [9.17, 15) is 4.79 Å². The monoisotopic (exact) mass is 420 g/mol. The Morgan fingerprint density at radius 3 is 2.72 bits per heavy atom. The Morgan fingerprint density at radius 1 is 1.40 bits per heavy atom. The Hall–Kier alpha value is -1.60. The van der Waals surface area contributed by atoms with Gasteiger partial charge in [-0.15, -0.1) is 16.8 Å². The van der Waals surface area contributed by atoms with Gasteiger partial charge in [0.05, 0.1) is 5.75 Å². The van der Waals surface area contributed by atoms with E-state index < -0.39 is 0 Å². The zero-order valence-electron chi connectivity index (χ0n) is 14.2. The number of aromatic nitrogens is 3. The first-order valence-electron chi connectivity index (χ1n) is 8.36. The number of benzene rings is 1. The van der Waals surface area contributed by atoms with Crippen molar-refractivity contribution in [3.05, 3.63) is 41.4 Å².